The zero-order chi connectivity index (χ0) is 14.3. The van der Waals surface area contributed by atoms with Crippen LogP contribution >= 0.6 is 0 Å². The number of urea groups is 1. The fourth-order valence-corrected chi connectivity index (χ4v) is 1.29. The summed E-state index contributed by atoms with van der Waals surface area (Å²) in [5.41, 5.74) is 0.900. The van der Waals surface area contributed by atoms with E-state index >= 15 is 0 Å². The maximum absolute atomic E-state index is 11.1. The molecule has 1 aromatic rings. The lowest BCUT2D eigenvalue weighted by molar-refractivity contribution is -0.141. The summed E-state index contributed by atoms with van der Waals surface area (Å²) in [6.45, 7) is 0.0548. The molecule has 1 atom stereocenters. The van der Waals surface area contributed by atoms with Gasteiger partial charge in [0.1, 0.15) is 0 Å². The minimum atomic E-state index is -1.23. The summed E-state index contributed by atoms with van der Waals surface area (Å²) < 4.78 is 5.23. The predicted molar refractivity (Wildman–Crippen MR) is 65.6 cm³/mol. The Morgan fingerprint density at radius 2 is 2.00 bits per heavy atom. The monoisotopic (exact) mass is 268 g/mol. The second-order valence-electron chi connectivity index (χ2n) is 3.86. The van der Waals surface area contributed by atoms with Crippen LogP contribution in [0.3, 0.4) is 0 Å². The Morgan fingerprint density at radius 1 is 1.37 bits per heavy atom. The number of hydrogen-bond acceptors (Lipinski definition) is 4. The van der Waals surface area contributed by atoms with Crippen LogP contribution in [0.2, 0.25) is 0 Å². The summed E-state index contributed by atoms with van der Waals surface area (Å²) in [6, 6.07) is 7.11. The molecule has 1 aromatic carbocycles. The molecule has 0 spiro atoms. The van der Waals surface area contributed by atoms with Gasteiger partial charge in [0, 0.05) is 7.05 Å². The molecule has 0 aliphatic rings. The van der Waals surface area contributed by atoms with E-state index in [0.29, 0.717) is 0 Å². The second kappa shape index (κ2) is 7.34. The van der Waals surface area contributed by atoms with Gasteiger partial charge in [-0.2, -0.15) is 0 Å². The average molecular weight is 268 g/mol. The molecule has 0 saturated carbocycles. The smallest absolute Gasteiger partial charge is 0.341 e. The van der Waals surface area contributed by atoms with Crippen LogP contribution in [0.5, 0.6) is 0 Å². The van der Waals surface area contributed by atoms with Gasteiger partial charge >= 0.3 is 12.0 Å². The fourth-order valence-electron chi connectivity index (χ4n) is 1.29. The number of carboxylic acid groups (broad SMARTS) is 1. The lowest BCUT2D eigenvalue weighted by Gasteiger charge is -2.17. The van der Waals surface area contributed by atoms with Crippen LogP contribution in [0.25, 0.3) is 0 Å². The Morgan fingerprint density at radius 3 is 2.53 bits per heavy atom. The molecule has 0 aliphatic heterocycles. The number of carbonyl (C=O) groups is 2. The Balaban J connectivity index is 2.42. The maximum atomic E-state index is 11.1. The molecule has 0 fully saturated rings. The highest BCUT2D eigenvalue weighted by Crippen LogP contribution is 2.01. The molecule has 0 bridgehead atoms. The van der Waals surface area contributed by atoms with E-state index in [4.69, 9.17) is 15.1 Å². The molecular weight excluding hydrogens is 252 g/mol. The van der Waals surface area contributed by atoms with Crippen molar-refractivity contribution in [2.45, 2.75) is 12.6 Å². The van der Waals surface area contributed by atoms with Crippen molar-refractivity contribution in [1.82, 2.24) is 10.4 Å². The number of carbonyl (C=O) groups excluding carboxylic acids is 1. The highest BCUT2D eigenvalue weighted by molar-refractivity contribution is 5.81. The molecule has 19 heavy (non-hydrogen) atoms. The first-order valence-corrected chi connectivity index (χ1v) is 5.58. The molecular formula is C12H16N2O5. The number of rotatable bonds is 6. The first kappa shape index (κ1) is 14.9. The van der Waals surface area contributed by atoms with Gasteiger partial charge < -0.3 is 15.2 Å². The number of hydrogen-bond donors (Lipinski definition) is 3. The van der Waals surface area contributed by atoms with Crippen LogP contribution in [0.1, 0.15) is 5.56 Å². The molecule has 0 aromatic heterocycles. The van der Waals surface area contributed by atoms with Gasteiger partial charge in [-0.05, 0) is 5.56 Å². The van der Waals surface area contributed by atoms with E-state index < -0.39 is 18.0 Å². The largest absolute Gasteiger partial charge is 0.480 e. The molecule has 0 radical (unpaired) electrons. The number of ether oxygens (including phenoxy) is 1. The van der Waals surface area contributed by atoms with Crippen LogP contribution in [0.4, 0.5) is 4.79 Å². The van der Waals surface area contributed by atoms with Gasteiger partial charge in [0.2, 0.25) is 0 Å². The Bertz CT molecular complexity index is 421. The molecule has 0 aliphatic carbocycles. The van der Waals surface area contributed by atoms with Crippen molar-refractivity contribution in [1.29, 1.82) is 0 Å². The van der Waals surface area contributed by atoms with E-state index in [9.17, 15) is 9.59 Å². The van der Waals surface area contributed by atoms with E-state index in [2.05, 4.69) is 5.32 Å². The number of amides is 2. The highest BCUT2D eigenvalue weighted by atomic mass is 16.5. The van der Waals surface area contributed by atoms with Crippen molar-refractivity contribution in [2.24, 2.45) is 0 Å². The van der Waals surface area contributed by atoms with Crippen molar-refractivity contribution in [3.05, 3.63) is 35.9 Å². The fraction of sp³-hybridized carbons (Fsp3) is 0.333. The number of benzene rings is 1. The molecule has 1 rings (SSSR count). The minimum absolute atomic E-state index is 0.191. The second-order valence-corrected chi connectivity index (χ2v) is 3.86. The van der Waals surface area contributed by atoms with Gasteiger partial charge in [0.05, 0.1) is 13.2 Å². The standard InChI is InChI=1S/C12H16N2O5/c1-14(18)12(17)13-10(11(15)16)8-19-7-9-5-3-2-4-6-9/h2-6,10,18H,7-8H2,1H3,(H,13,17)(H,15,16)/t10-/m0/s1. The summed E-state index contributed by atoms with van der Waals surface area (Å²) in [5.74, 6) is -1.23. The van der Waals surface area contributed by atoms with E-state index in [1.54, 1.807) is 0 Å². The Labute approximate surface area is 110 Å². The Hall–Kier alpha value is -2.12. The molecule has 0 unspecified atom stereocenters. The molecule has 0 heterocycles. The number of aliphatic carboxylic acids is 1. The zero-order valence-electron chi connectivity index (χ0n) is 10.4. The first-order valence-electron chi connectivity index (χ1n) is 5.58. The van der Waals surface area contributed by atoms with Crippen molar-refractivity contribution in [2.75, 3.05) is 13.7 Å². The Kier molecular flexibility index (Phi) is 5.77. The van der Waals surface area contributed by atoms with Gasteiger partial charge in [-0.1, -0.05) is 30.3 Å². The maximum Gasteiger partial charge on any atom is 0.341 e. The quantitative estimate of drug-likeness (QED) is 0.520. The van der Waals surface area contributed by atoms with Crippen molar-refractivity contribution in [3.63, 3.8) is 0 Å². The SMILES string of the molecule is CN(O)C(=O)N[C@@H](COCc1ccccc1)C(=O)O. The summed E-state index contributed by atoms with van der Waals surface area (Å²) in [4.78, 5) is 22.0. The van der Waals surface area contributed by atoms with E-state index in [1.807, 2.05) is 30.3 Å². The first-order chi connectivity index (χ1) is 9.00. The van der Waals surface area contributed by atoms with Crippen molar-refractivity contribution >= 4 is 12.0 Å². The number of hydroxylamine groups is 2. The lowest BCUT2D eigenvalue weighted by atomic mass is 10.2. The molecule has 2 amide bonds. The van der Waals surface area contributed by atoms with Gasteiger partial charge in [-0.15, -0.1) is 0 Å². The summed E-state index contributed by atoms with van der Waals surface area (Å²) in [6.07, 6.45) is 0. The zero-order valence-corrected chi connectivity index (χ0v) is 10.4. The predicted octanol–water partition coefficient (Wildman–Crippen LogP) is 0.687. The number of nitrogens with one attached hydrogen (secondary N) is 1. The van der Waals surface area contributed by atoms with Crippen LogP contribution in [-0.4, -0.2) is 47.1 Å². The normalized spacial score (nSPS) is 11.7. The van der Waals surface area contributed by atoms with Crippen LogP contribution in [-0.2, 0) is 16.1 Å². The minimum Gasteiger partial charge on any atom is -0.480 e. The number of nitrogens with zero attached hydrogens (tertiary/aromatic N) is 1. The average Bonchev–Trinajstić information content (AvgIpc) is 2.38. The molecule has 7 heteroatoms. The highest BCUT2D eigenvalue weighted by Gasteiger charge is 2.21. The third kappa shape index (κ3) is 5.36. The van der Waals surface area contributed by atoms with Gasteiger partial charge in [0.25, 0.3) is 0 Å². The van der Waals surface area contributed by atoms with Crippen LogP contribution < -0.4 is 5.32 Å². The van der Waals surface area contributed by atoms with E-state index in [0.717, 1.165) is 12.6 Å². The van der Waals surface area contributed by atoms with Gasteiger partial charge in [-0.3, -0.25) is 5.21 Å². The molecule has 3 N–H and O–H groups in total. The van der Waals surface area contributed by atoms with Crippen LogP contribution in [0.15, 0.2) is 30.3 Å². The van der Waals surface area contributed by atoms with Crippen molar-refractivity contribution in [3.8, 4) is 0 Å². The van der Waals surface area contributed by atoms with E-state index in [1.165, 1.54) is 0 Å². The third-order valence-corrected chi connectivity index (χ3v) is 2.29. The summed E-state index contributed by atoms with van der Waals surface area (Å²) in [7, 11) is 1.10. The molecule has 7 nitrogen and oxygen atoms in total. The van der Waals surface area contributed by atoms with E-state index in [-0.39, 0.29) is 18.3 Å². The van der Waals surface area contributed by atoms with Gasteiger partial charge in [0.15, 0.2) is 6.04 Å². The van der Waals surface area contributed by atoms with Gasteiger partial charge in [-0.25, -0.2) is 14.7 Å². The molecule has 104 valence electrons. The summed E-state index contributed by atoms with van der Waals surface area (Å²) >= 11 is 0. The summed E-state index contributed by atoms with van der Waals surface area (Å²) in [5, 5.41) is 20.1. The number of carboxylic acids is 1. The lowest BCUT2D eigenvalue weighted by Crippen LogP contribution is -2.48. The van der Waals surface area contributed by atoms with Crippen molar-refractivity contribution < 1.29 is 24.6 Å². The third-order valence-electron chi connectivity index (χ3n) is 2.29. The van der Waals surface area contributed by atoms with Crippen LogP contribution in [0, 0.1) is 0 Å². The molecule has 0 saturated heterocycles. The topological polar surface area (TPSA) is 99.1 Å².